The molecule has 3 N–H and O–H groups in total. The predicted molar refractivity (Wildman–Crippen MR) is 121 cm³/mol. The molecule has 0 bridgehead atoms. The third-order valence-electron chi connectivity index (χ3n) is 4.37. The number of nitrogens with one attached hydrogen (secondary N) is 3. The van der Waals surface area contributed by atoms with E-state index in [1.165, 1.54) is 18.2 Å². The maximum absolute atomic E-state index is 13.7. The molecule has 0 radical (unpaired) electrons. The van der Waals surface area contributed by atoms with Gasteiger partial charge >= 0.3 is 0 Å². The monoisotopic (exact) mass is 433 g/mol. The average molecular weight is 433 g/mol. The number of furan rings is 1. The van der Waals surface area contributed by atoms with E-state index in [0.29, 0.717) is 17.0 Å². The first-order valence-corrected chi connectivity index (χ1v) is 9.67. The second kappa shape index (κ2) is 8.76. The summed E-state index contributed by atoms with van der Waals surface area (Å²) in [5.74, 6) is -1.51. The minimum Gasteiger partial charge on any atom is -0.451 e. The van der Waals surface area contributed by atoms with E-state index in [0.717, 1.165) is 5.39 Å². The van der Waals surface area contributed by atoms with Crippen molar-refractivity contribution in [1.82, 2.24) is 5.32 Å². The van der Waals surface area contributed by atoms with Gasteiger partial charge in [0.15, 0.2) is 10.9 Å². The van der Waals surface area contributed by atoms with Gasteiger partial charge in [0.2, 0.25) is 0 Å². The van der Waals surface area contributed by atoms with Gasteiger partial charge in [0.25, 0.3) is 11.8 Å². The van der Waals surface area contributed by atoms with E-state index < -0.39 is 17.6 Å². The van der Waals surface area contributed by atoms with Crippen molar-refractivity contribution in [3.63, 3.8) is 0 Å². The topological polar surface area (TPSA) is 83.4 Å². The molecule has 1 aromatic heterocycles. The van der Waals surface area contributed by atoms with Crippen LogP contribution in [0.15, 0.2) is 83.3 Å². The standard InChI is InChI=1S/C23H16FN3O3S/c24-18-10-3-2-9-17(18)21(28)27-23(31)26-16-8-5-7-15(13-16)25-22(29)20-12-14-6-1-4-11-19(14)30-20/h1-13H,(H,25,29)(H2,26,27,28,31). The molecule has 4 aromatic rings. The van der Waals surface area contributed by atoms with Crippen LogP contribution in [0.4, 0.5) is 15.8 Å². The van der Waals surface area contributed by atoms with E-state index in [9.17, 15) is 14.0 Å². The van der Waals surface area contributed by atoms with Crippen LogP contribution in [-0.4, -0.2) is 16.9 Å². The van der Waals surface area contributed by atoms with Gasteiger partial charge in [0.05, 0.1) is 5.56 Å². The SMILES string of the molecule is O=C(Nc1cccc(NC(=S)NC(=O)c2ccccc2F)c1)c1cc2ccccc2o1. The molecule has 0 atom stereocenters. The van der Waals surface area contributed by atoms with E-state index in [1.807, 2.05) is 18.2 Å². The normalized spacial score (nSPS) is 10.5. The van der Waals surface area contributed by atoms with Crippen molar-refractivity contribution in [1.29, 1.82) is 0 Å². The van der Waals surface area contributed by atoms with Crippen LogP contribution in [-0.2, 0) is 0 Å². The molecule has 0 aliphatic heterocycles. The molecular formula is C23H16FN3O3S. The third-order valence-corrected chi connectivity index (χ3v) is 4.58. The van der Waals surface area contributed by atoms with Crippen LogP contribution < -0.4 is 16.0 Å². The van der Waals surface area contributed by atoms with E-state index in [1.54, 1.807) is 42.5 Å². The summed E-state index contributed by atoms with van der Waals surface area (Å²) in [5.41, 5.74) is 1.54. The fraction of sp³-hybridized carbons (Fsp3) is 0. The number of halogens is 1. The number of thiocarbonyl (C=S) groups is 1. The zero-order valence-corrected chi connectivity index (χ0v) is 16.8. The van der Waals surface area contributed by atoms with Gasteiger partial charge in [-0.3, -0.25) is 14.9 Å². The Kier molecular flexibility index (Phi) is 5.72. The van der Waals surface area contributed by atoms with Crippen LogP contribution >= 0.6 is 12.2 Å². The largest absolute Gasteiger partial charge is 0.451 e. The summed E-state index contributed by atoms with van der Waals surface area (Å²) in [4.78, 5) is 24.7. The second-order valence-electron chi connectivity index (χ2n) is 6.57. The molecule has 0 unspecified atom stereocenters. The number of amides is 2. The number of para-hydroxylation sites is 1. The molecule has 1 heterocycles. The molecule has 0 spiro atoms. The zero-order valence-electron chi connectivity index (χ0n) is 16.0. The number of anilines is 2. The van der Waals surface area contributed by atoms with Gasteiger partial charge in [-0.1, -0.05) is 36.4 Å². The van der Waals surface area contributed by atoms with Crippen LogP contribution in [0.5, 0.6) is 0 Å². The van der Waals surface area contributed by atoms with Gasteiger partial charge in [-0.15, -0.1) is 0 Å². The minimum absolute atomic E-state index is 0.00554. The zero-order chi connectivity index (χ0) is 21.8. The lowest BCUT2D eigenvalue weighted by molar-refractivity contribution is 0.0971. The van der Waals surface area contributed by atoms with Crippen molar-refractivity contribution in [2.75, 3.05) is 10.6 Å². The molecule has 0 saturated carbocycles. The average Bonchev–Trinajstić information content (AvgIpc) is 3.18. The van der Waals surface area contributed by atoms with Crippen LogP contribution in [0.1, 0.15) is 20.9 Å². The molecule has 8 heteroatoms. The first kappa shape index (κ1) is 20.2. The molecule has 0 fully saturated rings. The summed E-state index contributed by atoms with van der Waals surface area (Å²) in [6.45, 7) is 0. The summed E-state index contributed by atoms with van der Waals surface area (Å²) in [7, 11) is 0. The Bertz CT molecular complexity index is 1270. The van der Waals surface area contributed by atoms with Crippen molar-refractivity contribution in [2.45, 2.75) is 0 Å². The highest BCUT2D eigenvalue weighted by molar-refractivity contribution is 7.80. The Morgan fingerprint density at radius 2 is 1.52 bits per heavy atom. The number of hydrogen-bond acceptors (Lipinski definition) is 4. The first-order chi connectivity index (χ1) is 15.0. The van der Waals surface area contributed by atoms with Crippen molar-refractivity contribution in [2.24, 2.45) is 0 Å². The molecule has 6 nitrogen and oxygen atoms in total. The molecule has 0 aliphatic rings. The van der Waals surface area contributed by atoms with Gasteiger partial charge in [0.1, 0.15) is 11.4 Å². The molecule has 0 saturated heterocycles. The fourth-order valence-electron chi connectivity index (χ4n) is 2.94. The summed E-state index contributed by atoms with van der Waals surface area (Å²) in [5, 5.41) is 8.85. The Morgan fingerprint density at radius 1 is 0.806 bits per heavy atom. The number of rotatable bonds is 4. The molecular weight excluding hydrogens is 417 g/mol. The fourth-order valence-corrected chi connectivity index (χ4v) is 3.15. The van der Waals surface area contributed by atoms with Gasteiger partial charge < -0.3 is 15.1 Å². The Balaban J connectivity index is 1.41. The van der Waals surface area contributed by atoms with Crippen LogP contribution in [0.2, 0.25) is 0 Å². The van der Waals surface area contributed by atoms with E-state index in [-0.39, 0.29) is 16.4 Å². The van der Waals surface area contributed by atoms with E-state index in [4.69, 9.17) is 16.6 Å². The Morgan fingerprint density at radius 3 is 2.29 bits per heavy atom. The van der Waals surface area contributed by atoms with Crippen molar-refractivity contribution >= 4 is 51.5 Å². The molecule has 154 valence electrons. The first-order valence-electron chi connectivity index (χ1n) is 9.26. The number of carbonyl (C=O) groups excluding carboxylic acids is 2. The molecule has 3 aromatic carbocycles. The highest BCUT2D eigenvalue weighted by Gasteiger charge is 2.14. The summed E-state index contributed by atoms with van der Waals surface area (Å²) in [6.07, 6.45) is 0. The van der Waals surface area contributed by atoms with E-state index in [2.05, 4.69) is 16.0 Å². The van der Waals surface area contributed by atoms with Crippen LogP contribution in [0, 0.1) is 5.82 Å². The lowest BCUT2D eigenvalue weighted by Crippen LogP contribution is -2.34. The van der Waals surface area contributed by atoms with Crippen LogP contribution in [0.25, 0.3) is 11.0 Å². The van der Waals surface area contributed by atoms with Gasteiger partial charge in [0, 0.05) is 16.8 Å². The lowest BCUT2D eigenvalue weighted by Gasteiger charge is -2.11. The smallest absolute Gasteiger partial charge is 0.291 e. The third kappa shape index (κ3) is 4.76. The van der Waals surface area contributed by atoms with Crippen molar-refractivity contribution in [3.05, 3.63) is 96.0 Å². The lowest BCUT2D eigenvalue weighted by atomic mass is 10.2. The molecule has 31 heavy (non-hydrogen) atoms. The quantitative estimate of drug-likeness (QED) is 0.397. The van der Waals surface area contributed by atoms with E-state index >= 15 is 0 Å². The minimum atomic E-state index is -0.662. The highest BCUT2D eigenvalue weighted by Crippen LogP contribution is 2.21. The van der Waals surface area contributed by atoms with Crippen LogP contribution in [0.3, 0.4) is 0 Å². The summed E-state index contributed by atoms with van der Waals surface area (Å²) < 4.78 is 19.3. The molecule has 0 aliphatic carbocycles. The van der Waals surface area contributed by atoms with Crippen molar-refractivity contribution < 1.29 is 18.4 Å². The molecule has 2 amide bonds. The maximum Gasteiger partial charge on any atom is 0.291 e. The number of hydrogen-bond donors (Lipinski definition) is 3. The Hall–Kier alpha value is -4.04. The number of benzene rings is 3. The van der Waals surface area contributed by atoms with Gasteiger partial charge in [-0.05, 0) is 54.7 Å². The number of fused-ring (bicyclic) bond motifs is 1. The van der Waals surface area contributed by atoms with Gasteiger partial charge in [-0.2, -0.15) is 0 Å². The summed E-state index contributed by atoms with van der Waals surface area (Å²) >= 11 is 5.13. The predicted octanol–water partition coefficient (Wildman–Crippen LogP) is 4.95. The van der Waals surface area contributed by atoms with Crippen molar-refractivity contribution in [3.8, 4) is 0 Å². The maximum atomic E-state index is 13.7. The Labute approximate surface area is 182 Å². The highest BCUT2D eigenvalue weighted by atomic mass is 32.1. The summed E-state index contributed by atoms with van der Waals surface area (Å²) in [6, 6.07) is 21.4. The van der Waals surface area contributed by atoms with Gasteiger partial charge in [-0.25, -0.2) is 4.39 Å². The second-order valence-corrected chi connectivity index (χ2v) is 6.98. The number of carbonyl (C=O) groups is 2. The molecule has 4 rings (SSSR count).